The maximum absolute atomic E-state index is 11.6. The van der Waals surface area contributed by atoms with Crippen molar-refractivity contribution in [1.29, 1.82) is 0 Å². The molecule has 2 aliphatic rings. The van der Waals surface area contributed by atoms with Crippen LogP contribution in [0.3, 0.4) is 0 Å². The van der Waals surface area contributed by atoms with Crippen molar-refractivity contribution in [3.8, 4) is 0 Å². The number of fused-ring (bicyclic) bond motifs is 1. The van der Waals surface area contributed by atoms with Crippen LogP contribution in [0.4, 0.5) is 0 Å². The number of rotatable bonds is 2. The molecular weight excluding hydrogens is 206 g/mol. The van der Waals surface area contributed by atoms with Crippen LogP contribution in [-0.4, -0.2) is 25.2 Å². The second-order valence-corrected chi connectivity index (χ2v) is 4.06. The van der Waals surface area contributed by atoms with Crippen LogP contribution in [0.15, 0.2) is 24.3 Å². The fourth-order valence-electron chi connectivity index (χ4n) is 2.13. The highest BCUT2D eigenvalue weighted by molar-refractivity contribution is 5.98. The van der Waals surface area contributed by atoms with Crippen molar-refractivity contribution in [3.05, 3.63) is 35.4 Å². The molecule has 84 valence electrons. The Labute approximate surface area is 93.5 Å². The first-order valence-electron chi connectivity index (χ1n) is 5.47. The molecule has 4 heteroatoms. The zero-order valence-electron chi connectivity index (χ0n) is 8.81. The first-order chi connectivity index (χ1) is 7.84. The zero-order chi connectivity index (χ0) is 11.0. The van der Waals surface area contributed by atoms with Crippen LogP contribution in [0, 0.1) is 0 Å². The lowest BCUT2D eigenvalue weighted by atomic mass is 10.1. The van der Waals surface area contributed by atoms with Gasteiger partial charge >= 0.3 is 0 Å². The van der Waals surface area contributed by atoms with Gasteiger partial charge in [0.2, 0.25) is 0 Å². The third kappa shape index (κ3) is 1.60. The van der Waals surface area contributed by atoms with Gasteiger partial charge in [0.1, 0.15) is 0 Å². The quantitative estimate of drug-likeness (QED) is 0.814. The lowest BCUT2D eigenvalue weighted by molar-refractivity contribution is -0.0263. The first kappa shape index (κ1) is 9.81. The molecule has 4 nitrogen and oxygen atoms in total. The van der Waals surface area contributed by atoms with Gasteiger partial charge in [-0.05, 0) is 12.5 Å². The van der Waals surface area contributed by atoms with Gasteiger partial charge in [0, 0.05) is 17.7 Å². The molecule has 1 unspecified atom stereocenters. The Bertz CT molecular complexity index is 412. The second kappa shape index (κ2) is 3.88. The fraction of sp³-hybridized carbons (Fsp3) is 0.417. The van der Waals surface area contributed by atoms with E-state index < -0.39 is 0 Å². The minimum Gasteiger partial charge on any atom is -0.379 e. The summed E-state index contributed by atoms with van der Waals surface area (Å²) in [6, 6.07) is 7.52. The van der Waals surface area contributed by atoms with Crippen molar-refractivity contribution >= 4 is 5.91 Å². The molecule has 2 aliphatic heterocycles. The molecule has 1 N–H and O–H groups in total. The number of amides is 1. The molecule has 0 bridgehead atoms. The summed E-state index contributed by atoms with van der Waals surface area (Å²) in [5.41, 5.74) is 1.64. The Morgan fingerprint density at radius 2 is 2.25 bits per heavy atom. The van der Waals surface area contributed by atoms with Crippen molar-refractivity contribution in [1.82, 2.24) is 5.32 Å². The lowest BCUT2D eigenvalue weighted by Crippen LogP contribution is -2.26. The van der Waals surface area contributed by atoms with E-state index in [1.165, 1.54) is 0 Å². The summed E-state index contributed by atoms with van der Waals surface area (Å²) in [6.45, 7) is 1.36. The van der Waals surface area contributed by atoms with Crippen LogP contribution in [-0.2, 0) is 9.47 Å². The van der Waals surface area contributed by atoms with Crippen LogP contribution in [0.1, 0.15) is 28.6 Å². The standard InChI is InChI=1S/C12H13NO3/c14-11-9-3-1-2-4-10(9)12(13-11)16-8-5-6-15-7-8/h1-4,8,12H,5-7H2,(H,13,14)/t8-,12?/m0/s1. The van der Waals surface area contributed by atoms with Crippen LogP contribution in [0.25, 0.3) is 0 Å². The molecule has 1 saturated heterocycles. The molecule has 2 atom stereocenters. The van der Waals surface area contributed by atoms with E-state index in [9.17, 15) is 4.79 Å². The van der Waals surface area contributed by atoms with Gasteiger partial charge in [-0.15, -0.1) is 0 Å². The third-order valence-electron chi connectivity index (χ3n) is 2.97. The highest BCUT2D eigenvalue weighted by Gasteiger charge is 2.31. The molecule has 0 aliphatic carbocycles. The molecule has 1 aromatic rings. The predicted molar refractivity (Wildman–Crippen MR) is 57.0 cm³/mol. The summed E-state index contributed by atoms with van der Waals surface area (Å²) < 4.78 is 11.1. The number of carbonyl (C=O) groups excluding carboxylic acids is 1. The minimum absolute atomic E-state index is 0.0560. The molecule has 0 radical (unpaired) electrons. The predicted octanol–water partition coefficient (Wildman–Crippen LogP) is 1.23. The highest BCUT2D eigenvalue weighted by atomic mass is 16.6. The van der Waals surface area contributed by atoms with Gasteiger partial charge in [-0.3, -0.25) is 4.79 Å². The third-order valence-corrected chi connectivity index (χ3v) is 2.97. The van der Waals surface area contributed by atoms with Crippen LogP contribution < -0.4 is 5.32 Å². The van der Waals surface area contributed by atoms with E-state index in [2.05, 4.69) is 5.32 Å². The number of benzene rings is 1. The number of hydrogen-bond donors (Lipinski definition) is 1. The summed E-state index contributed by atoms with van der Waals surface area (Å²) in [4.78, 5) is 11.6. The lowest BCUT2D eigenvalue weighted by Gasteiger charge is -2.17. The molecule has 0 spiro atoms. The summed E-state index contributed by atoms with van der Waals surface area (Å²) in [6.07, 6.45) is 0.681. The minimum atomic E-state index is -0.310. The van der Waals surface area contributed by atoms with Gasteiger partial charge < -0.3 is 14.8 Å². The number of nitrogens with one attached hydrogen (secondary N) is 1. The van der Waals surface area contributed by atoms with E-state index in [-0.39, 0.29) is 18.2 Å². The van der Waals surface area contributed by atoms with Gasteiger partial charge in [-0.1, -0.05) is 18.2 Å². The molecule has 1 aromatic carbocycles. The van der Waals surface area contributed by atoms with Crippen molar-refractivity contribution in [3.63, 3.8) is 0 Å². The second-order valence-electron chi connectivity index (χ2n) is 4.06. The Balaban J connectivity index is 1.80. The molecule has 0 aromatic heterocycles. The molecule has 16 heavy (non-hydrogen) atoms. The largest absolute Gasteiger partial charge is 0.379 e. The monoisotopic (exact) mass is 219 g/mol. The van der Waals surface area contributed by atoms with E-state index in [1.807, 2.05) is 24.3 Å². The van der Waals surface area contributed by atoms with Gasteiger partial charge in [0.15, 0.2) is 6.23 Å². The normalized spacial score (nSPS) is 27.9. The number of ether oxygens (including phenoxy) is 2. The average molecular weight is 219 g/mol. The fourth-order valence-corrected chi connectivity index (χ4v) is 2.13. The number of hydrogen-bond acceptors (Lipinski definition) is 3. The maximum Gasteiger partial charge on any atom is 0.253 e. The Hall–Kier alpha value is -1.39. The molecule has 3 rings (SSSR count). The van der Waals surface area contributed by atoms with Crippen LogP contribution in [0.5, 0.6) is 0 Å². The zero-order valence-corrected chi connectivity index (χ0v) is 8.81. The maximum atomic E-state index is 11.6. The van der Waals surface area contributed by atoms with Crippen molar-refractivity contribution in [2.75, 3.05) is 13.2 Å². The number of carbonyl (C=O) groups is 1. The van der Waals surface area contributed by atoms with Gasteiger partial charge in [0.25, 0.3) is 5.91 Å². The Morgan fingerprint density at radius 1 is 1.38 bits per heavy atom. The van der Waals surface area contributed by atoms with E-state index in [0.717, 1.165) is 18.6 Å². The van der Waals surface area contributed by atoms with E-state index in [4.69, 9.17) is 9.47 Å². The van der Waals surface area contributed by atoms with Crippen LogP contribution in [0.2, 0.25) is 0 Å². The van der Waals surface area contributed by atoms with Crippen LogP contribution >= 0.6 is 0 Å². The topological polar surface area (TPSA) is 47.6 Å². The van der Waals surface area contributed by atoms with Crippen molar-refractivity contribution in [2.45, 2.75) is 18.8 Å². The van der Waals surface area contributed by atoms with Crippen molar-refractivity contribution in [2.24, 2.45) is 0 Å². The Morgan fingerprint density at radius 3 is 3.06 bits per heavy atom. The van der Waals surface area contributed by atoms with E-state index in [0.29, 0.717) is 12.2 Å². The van der Waals surface area contributed by atoms with E-state index >= 15 is 0 Å². The van der Waals surface area contributed by atoms with E-state index in [1.54, 1.807) is 0 Å². The SMILES string of the molecule is O=C1NC(O[C@H]2CCOC2)c2ccccc21. The van der Waals surface area contributed by atoms with Crippen molar-refractivity contribution < 1.29 is 14.3 Å². The first-order valence-corrected chi connectivity index (χ1v) is 5.47. The summed E-state index contributed by atoms with van der Waals surface area (Å²) in [7, 11) is 0. The van der Waals surface area contributed by atoms with Gasteiger partial charge in [-0.2, -0.15) is 0 Å². The highest BCUT2D eigenvalue weighted by Crippen LogP contribution is 2.28. The Kier molecular flexibility index (Phi) is 2.38. The molecule has 2 heterocycles. The summed E-state index contributed by atoms with van der Waals surface area (Å²) in [5.74, 6) is -0.0560. The summed E-state index contributed by atoms with van der Waals surface area (Å²) >= 11 is 0. The summed E-state index contributed by atoms with van der Waals surface area (Å²) in [5, 5.41) is 2.83. The van der Waals surface area contributed by atoms with Gasteiger partial charge in [-0.25, -0.2) is 0 Å². The smallest absolute Gasteiger partial charge is 0.253 e. The molecular formula is C12H13NO3. The van der Waals surface area contributed by atoms with Gasteiger partial charge in [0.05, 0.1) is 12.7 Å². The average Bonchev–Trinajstić information content (AvgIpc) is 2.90. The molecule has 1 fully saturated rings. The molecule has 0 saturated carbocycles. The molecule has 1 amide bonds.